The first-order valence-corrected chi connectivity index (χ1v) is 10.9. The van der Waals surface area contributed by atoms with Gasteiger partial charge in [-0.15, -0.1) is 0 Å². The molecular weight excluding hydrogens is 376 g/mol. The van der Waals surface area contributed by atoms with Crippen LogP contribution >= 0.6 is 0 Å². The zero-order valence-corrected chi connectivity index (χ0v) is 17.8. The summed E-state index contributed by atoms with van der Waals surface area (Å²) in [7, 11) is 0. The van der Waals surface area contributed by atoms with E-state index in [9.17, 15) is 9.59 Å². The van der Waals surface area contributed by atoms with Crippen LogP contribution in [0.5, 0.6) is 0 Å². The molecule has 2 aromatic carbocycles. The van der Waals surface area contributed by atoms with E-state index in [-0.39, 0.29) is 17.7 Å². The number of carbonyl (C=O) groups excluding carboxylic acids is 2. The van der Waals surface area contributed by atoms with E-state index in [1.807, 2.05) is 54.3 Å². The van der Waals surface area contributed by atoms with Gasteiger partial charge in [0, 0.05) is 38.6 Å². The molecule has 0 radical (unpaired) electrons. The van der Waals surface area contributed by atoms with E-state index >= 15 is 0 Å². The average Bonchev–Trinajstić information content (AvgIpc) is 2.81. The lowest BCUT2D eigenvalue weighted by atomic mass is 9.95. The van der Waals surface area contributed by atoms with Gasteiger partial charge in [-0.1, -0.05) is 54.6 Å². The van der Waals surface area contributed by atoms with E-state index in [0.29, 0.717) is 39.3 Å². The SMILES string of the molecule is CCOCc1ccccc1CNC(=O)C1CCN(C(=O)CCc2ccccc2)CC1. The first kappa shape index (κ1) is 22.0. The van der Waals surface area contributed by atoms with E-state index < -0.39 is 0 Å². The van der Waals surface area contributed by atoms with Gasteiger partial charge in [0.15, 0.2) is 0 Å². The minimum absolute atomic E-state index is 0.0257. The van der Waals surface area contributed by atoms with Crippen molar-refractivity contribution in [3.05, 3.63) is 71.3 Å². The molecule has 0 spiro atoms. The van der Waals surface area contributed by atoms with Gasteiger partial charge in [-0.2, -0.15) is 0 Å². The molecule has 1 aliphatic rings. The Kier molecular flexibility index (Phi) is 8.45. The van der Waals surface area contributed by atoms with E-state index in [2.05, 4.69) is 17.4 Å². The summed E-state index contributed by atoms with van der Waals surface area (Å²) >= 11 is 0. The number of rotatable bonds is 9. The number of nitrogens with one attached hydrogen (secondary N) is 1. The van der Waals surface area contributed by atoms with Crippen molar-refractivity contribution in [1.29, 1.82) is 0 Å². The second-order valence-corrected chi connectivity index (χ2v) is 7.76. The van der Waals surface area contributed by atoms with Crippen LogP contribution in [0.1, 0.15) is 42.9 Å². The summed E-state index contributed by atoms with van der Waals surface area (Å²) in [5.41, 5.74) is 3.39. The predicted molar refractivity (Wildman–Crippen MR) is 118 cm³/mol. The van der Waals surface area contributed by atoms with Crippen molar-refractivity contribution >= 4 is 11.8 Å². The second-order valence-electron chi connectivity index (χ2n) is 7.76. The fourth-order valence-electron chi connectivity index (χ4n) is 3.85. The lowest BCUT2D eigenvalue weighted by molar-refractivity contribution is -0.135. The van der Waals surface area contributed by atoms with E-state index in [1.165, 1.54) is 5.56 Å². The second kappa shape index (κ2) is 11.5. The van der Waals surface area contributed by atoms with Crippen molar-refractivity contribution in [3.63, 3.8) is 0 Å². The first-order chi connectivity index (χ1) is 14.7. The van der Waals surface area contributed by atoms with Crippen molar-refractivity contribution in [1.82, 2.24) is 10.2 Å². The fraction of sp³-hybridized carbons (Fsp3) is 0.440. The summed E-state index contributed by atoms with van der Waals surface area (Å²) in [6, 6.07) is 18.1. The highest BCUT2D eigenvalue weighted by atomic mass is 16.5. The molecule has 3 rings (SSSR count). The minimum Gasteiger partial charge on any atom is -0.377 e. The zero-order chi connectivity index (χ0) is 21.2. The molecular formula is C25H32N2O3. The number of hydrogen-bond donors (Lipinski definition) is 1. The summed E-state index contributed by atoms with van der Waals surface area (Å²) in [4.78, 5) is 27.0. The molecule has 0 saturated carbocycles. The van der Waals surface area contributed by atoms with Crippen LogP contribution in [0.25, 0.3) is 0 Å². The Morgan fingerprint density at radius 3 is 2.37 bits per heavy atom. The van der Waals surface area contributed by atoms with Crippen LogP contribution in [0.4, 0.5) is 0 Å². The third-order valence-corrected chi connectivity index (χ3v) is 5.72. The molecule has 1 fully saturated rings. The van der Waals surface area contributed by atoms with Crippen LogP contribution in [0.15, 0.2) is 54.6 Å². The van der Waals surface area contributed by atoms with Gasteiger partial charge in [0.2, 0.25) is 11.8 Å². The van der Waals surface area contributed by atoms with Crippen molar-refractivity contribution in [3.8, 4) is 0 Å². The zero-order valence-electron chi connectivity index (χ0n) is 17.8. The Morgan fingerprint density at radius 2 is 1.67 bits per heavy atom. The smallest absolute Gasteiger partial charge is 0.223 e. The molecule has 0 bridgehead atoms. The van der Waals surface area contributed by atoms with E-state index in [1.54, 1.807) is 0 Å². The Balaban J connectivity index is 1.41. The lowest BCUT2D eigenvalue weighted by Crippen LogP contribution is -2.43. The summed E-state index contributed by atoms with van der Waals surface area (Å²) in [6.07, 6.45) is 2.74. The lowest BCUT2D eigenvalue weighted by Gasteiger charge is -2.31. The summed E-state index contributed by atoms with van der Waals surface area (Å²) < 4.78 is 5.52. The van der Waals surface area contributed by atoms with Gasteiger partial charge in [-0.25, -0.2) is 0 Å². The summed E-state index contributed by atoms with van der Waals surface area (Å²) in [5, 5.41) is 3.08. The number of likely N-dealkylation sites (tertiary alicyclic amines) is 1. The third-order valence-electron chi connectivity index (χ3n) is 5.72. The molecule has 0 unspecified atom stereocenters. The Bertz CT molecular complexity index is 814. The normalized spacial score (nSPS) is 14.5. The number of nitrogens with zero attached hydrogens (tertiary/aromatic N) is 1. The molecule has 0 aliphatic carbocycles. The molecule has 5 nitrogen and oxygen atoms in total. The van der Waals surface area contributed by atoms with E-state index in [0.717, 1.165) is 30.4 Å². The van der Waals surface area contributed by atoms with Gasteiger partial charge < -0.3 is 15.0 Å². The van der Waals surface area contributed by atoms with Gasteiger partial charge in [-0.05, 0) is 42.9 Å². The van der Waals surface area contributed by atoms with Gasteiger partial charge in [0.25, 0.3) is 0 Å². The molecule has 2 aromatic rings. The number of aryl methyl sites for hydroxylation is 1. The number of benzene rings is 2. The van der Waals surface area contributed by atoms with Crippen LogP contribution < -0.4 is 5.32 Å². The topological polar surface area (TPSA) is 58.6 Å². The van der Waals surface area contributed by atoms with Gasteiger partial charge in [0.1, 0.15) is 0 Å². The Morgan fingerprint density at radius 1 is 1.00 bits per heavy atom. The fourth-order valence-corrected chi connectivity index (χ4v) is 3.85. The highest BCUT2D eigenvalue weighted by Crippen LogP contribution is 2.19. The molecule has 1 N–H and O–H groups in total. The number of amides is 2. The van der Waals surface area contributed by atoms with Crippen LogP contribution in [-0.2, 0) is 33.9 Å². The summed E-state index contributed by atoms with van der Waals surface area (Å²) in [5.74, 6) is 0.238. The maximum absolute atomic E-state index is 12.6. The molecule has 1 aliphatic heterocycles. The third kappa shape index (κ3) is 6.42. The highest BCUT2D eigenvalue weighted by Gasteiger charge is 2.27. The quantitative estimate of drug-likeness (QED) is 0.688. The van der Waals surface area contributed by atoms with Crippen LogP contribution in [0, 0.1) is 5.92 Å². The maximum Gasteiger partial charge on any atom is 0.223 e. The monoisotopic (exact) mass is 408 g/mol. The molecule has 5 heteroatoms. The van der Waals surface area contributed by atoms with Gasteiger partial charge >= 0.3 is 0 Å². The van der Waals surface area contributed by atoms with Crippen molar-refractivity contribution < 1.29 is 14.3 Å². The largest absolute Gasteiger partial charge is 0.377 e. The average molecular weight is 409 g/mol. The van der Waals surface area contributed by atoms with Crippen LogP contribution in [0.3, 0.4) is 0 Å². The standard InChI is InChI=1S/C25H32N2O3/c1-2-30-19-23-11-7-6-10-22(23)18-26-25(29)21-14-16-27(17-15-21)24(28)13-12-20-8-4-3-5-9-20/h3-11,21H,2,12-19H2,1H3,(H,26,29). The number of carbonyl (C=O) groups is 2. The van der Waals surface area contributed by atoms with Gasteiger partial charge in [-0.3, -0.25) is 9.59 Å². The molecule has 1 heterocycles. The molecule has 160 valence electrons. The highest BCUT2D eigenvalue weighted by molar-refractivity contribution is 5.80. The predicted octanol–water partition coefficient (Wildman–Crippen LogP) is 3.71. The molecule has 1 saturated heterocycles. The van der Waals surface area contributed by atoms with Crippen molar-refractivity contribution in [2.24, 2.45) is 5.92 Å². The molecule has 0 aromatic heterocycles. The number of ether oxygens (including phenoxy) is 1. The Labute approximate surface area is 179 Å². The summed E-state index contributed by atoms with van der Waals surface area (Å²) in [6.45, 7) is 5.04. The first-order valence-electron chi connectivity index (χ1n) is 10.9. The molecule has 30 heavy (non-hydrogen) atoms. The van der Waals surface area contributed by atoms with Crippen LogP contribution in [0.2, 0.25) is 0 Å². The number of piperidine rings is 1. The minimum atomic E-state index is -0.0257. The molecule has 2 amide bonds. The van der Waals surface area contributed by atoms with Crippen molar-refractivity contribution in [2.75, 3.05) is 19.7 Å². The van der Waals surface area contributed by atoms with Gasteiger partial charge in [0.05, 0.1) is 6.61 Å². The van der Waals surface area contributed by atoms with E-state index in [4.69, 9.17) is 4.74 Å². The van der Waals surface area contributed by atoms with Crippen molar-refractivity contribution in [2.45, 2.75) is 45.8 Å². The van der Waals surface area contributed by atoms with Crippen LogP contribution in [-0.4, -0.2) is 36.4 Å². The maximum atomic E-state index is 12.6. The Hall–Kier alpha value is -2.66. The molecule has 0 atom stereocenters. The number of hydrogen-bond acceptors (Lipinski definition) is 3.